The molecule has 0 atom stereocenters. The number of nitro groups is 1. The first kappa shape index (κ1) is 25.1. The summed E-state index contributed by atoms with van der Waals surface area (Å²) in [5.74, 6) is 0. The van der Waals surface area contributed by atoms with Crippen molar-refractivity contribution in [3.63, 3.8) is 0 Å². The first-order valence-corrected chi connectivity index (χ1v) is 13.3. The van der Waals surface area contributed by atoms with Crippen molar-refractivity contribution in [2.75, 3.05) is 5.73 Å². The summed E-state index contributed by atoms with van der Waals surface area (Å²) in [6.45, 7) is 1.07. The molecule has 2 heterocycles. The van der Waals surface area contributed by atoms with Crippen molar-refractivity contribution >= 4 is 54.5 Å². The third-order valence-electron chi connectivity index (χ3n) is 5.92. The Balaban J connectivity index is 0.000000156. The molecule has 0 saturated heterocycles. The monoisotopic (exact) mass is 542 g/mol. The van der Waals surface area contributed by atoms with Crippen LogP contribution >= 0.6 is 22.7 Å². The standard InChI is InChI=1S/C14H10N2O3S.C14H12N2OS/c17-14-15(9-10-4-2-1-3-5-10)12-7-6-11(16(18)19)8-13(12)20-14;15-11-6-7-12-13(8-11)18-14(17)16(12)9-10-4-2-1-3-5-10/h1-8H,9H2;1-8H,9,15H2. The fraction of sp³-hybridized carbons (Fsp3) is 0.0714. The van der Waals surface area contributed by atoms with Gasteiger partial charge in [-0.05, 0) is 35.4 Å². The molecular formula is C28H22N4O4S2. The lowest BCUT2D eigenvalue weighted by molar-refractivity contribution is -0.384. The minimum Gasteiger partial charge on any atom is -0.399 e. The number of hydrogen-bond donors (Lipinski definition) is 1. The number of nitrogens with two attached hydrogens (primary N) is 1. The highest BCUT2D eigenvalue weighted by atomic mass is 32.1. The number of nitrogens with zero attached hydrogens (tertiary/aromatic N) is 3. The number of fused-ring (bicyclic) bond motifs is 2. The zero-order valence-corrected chi connectivity index (χ0v) is 21.7. The van der Waals surface area contributed by atoms with Crippen molar-refractivity contribution in [2.24, 2.45) is 0 Å². The van der Waals surface area contributed by atoms with E-state index in [0.29, 0.717) is 23.5 Å². The number of hydrogen-bond acceptors (Lipinski definition) is 7. The lowest BCUT2D eigenvalue weighted by atomic mass is 10.2. The van der Waals surface area contributed by atoms with Crippen molar-refractivity contribution in [2.45, 2.75) is 13.1 Å². The van der Waals surface area contributed by atoms with Crippen LogP contribution in [0.4, 0.5) is 11.4 Å². The van der Waals surface area contributed by atoms with E-state index in [2.05, 4.69) is 0 Å². The Bertz CT molecular complexity index is 1860. The Kier molecular flexibility index (Phi) is 7.16. The molecule has 6 aromatic rings. The van der Waals surface area contributed by atoms with Crippen molar-refractivity contribution in [3.05, 3.63) is 138 Å². The zero-order valence-electron chi connectivity index (χ0n) is 20.0. The van der Waals surface area contributed by atoms with Crippen molar-refractivity contribution in [3.8, 4) is 0 Å². The number of nitrogen functional groups attached to an aromatic ring is 1. The Morgan fingerprint density at radius 1 is 0.684 bits per heavy atom. The van der Waals surface area contributed by atoms with Gasteiger partial charge in [0.15, 0.2) is 0 Å². The van der Waals surface area contributed by atoms with Gasteiger partial charge in [-0.1, -0.05) is 83.3 Å². The van der Waals surface area contributed by atoms with E-state index in [0.717, 1.165) is 38.2 Å². The van der Waals surface area contributed by atoms with Crippen LogP contribution in [-0.2, 0) is 13.1 Å². The first-order valence-electron chi connectivity index (χ1n) is 11.6. The molecule has 0 amide bonds. The van der Waals surface area contributed by atoms with Gasteiger partial charge in [-0.3, -0.25) is 28.8 Å². The molecule has 0 bridgehead atoms. The molecule has 10 heteroatoms. The average molecular weight is 543 g/mol. The topological polar surface area (TPSA) is 113 Å². The molecule has 0 aliphatic rings. The molecular weight excluding hydrogens is 520 g/mol. The summed E-state index contributed by atoms with van der Waals surface area (Å²) >= 11 is 2.27. The SMILES string of the molecule is Nc1ccc2c(c1)sc(=O)n2Cc1ccccc1.O=c1sc2cc([N+](=O)[O-])ccc2n1Cc1ccccc1. The van der Waals surface area contributed by atoms with Gasteiger partial charge in [0.05, 0.1) is 38.4 Å². The summed E-state index contributed by atoms with van der Waals surface area (Å²) in [5.41, 5.74) is 10.2. The van der Waals surface area contributed by atoms with Gasteiger partial charge in [-0.2, -0.15) is 0 Å². The van der Waals surface area contributed by atoms with Crippen LogP contribution < -0.4 is 15.5 Å². The maximum atomic E-state index is 12.0. The molecule has 0 spiro atoms. The van der Waals surface area contributed by atoms with Crippen LogP contribution in [0, 0.1) is 10.1 Å². The highest BCUT2D eigenvalue weighted by Crippen LogP contribution is 2.24. The second kappa shape index (κ2) is 10.8. The second-order valence-electron chi connectivity index (χ2n) is 8.52. The Morgan fingerprint density at radius 3 is 1.66 bits per heavy atom. The molecule has 190 valence electrons. The van der Waals surface area contributed by atoms with Crippen LogP contribution in [0.25, 0.3) is 20.4 Å². The third-order valence-corrected chi connectivity index (χ3v) is 7.81. The first-order chi connectivity index (χ1) is 18.4. The van der Waals surface area contributed by atoms with Gasteiger partial charge in [0.1, 0.15) is 0 Å². The van der Waals surface area contributed by atoms with E-state index in [1.165, 1.54) is 23.5 Å². The molecule has 0 saturated carbocycles. The molecule has 0 fully saturated rings. The smallest absolute Gasteiger partial charge is 0.308 e. The van der Waals surface area contributed by atoms with E-state index in [9.17, 15) is 19.7 Å². The van der Waals surface area contributed by atoms with Crippen LogP contribution in [-0.4, -0.2) is 14.1 Å². The number of anilines is 1. The van der Waals surface area contributed by atoms with Gasteiger partial charge in [0.2, 0.25) is 0 Å². The number of thiazole rings is 2. The Hall–Kier alpha value is -4.54. The molecule has 6 rings (SSSR count). The summed E-state index contributed by atoms with van der Waals surface area (Å²) in [5, 5.41) is 10.8. The van der Waals surface area contributed by atoms with Crippen molar-refractivity contribution < 1.29 is 4.92 Å². The fourth-order valence-electron chi connectivity index (χ4n) is 4.08. The van der Waals surface area contributed by atoms with E-state index in [1.807, 2.05) is 78.9 Å². The zero-order chi connectivity index (χ0) is 26.6. The summed E-state index contributed by atoms with van der Waals surface area (Å²) in [7, 11) is 0. The molecule has 8 nitrogen and oxygen atoms in total. The van der Waals surface area contributed by atoms with Crippen LogP contribution in [0.1, 0.15) is 11.1 Å². The van der Waals surface area contributed by atoms with Crippen LogP contribution in [0.3, 0.4) is 0 Å². The highest BCUT2D eigenvalue weighted by Gasteiger charge is 2.13. The number of benzene rings is 4. The Morgan fingerprint density at radius 2 is 1.16 bits per heavy atom. The number of non-ortho nitro benzene ring substituents is 1. The van der Waals surface area contributed by atoms with Gasteiger partial charge < -0.3 is 5.73 Å². The summed E-state index contributed by atoms with van der Waals surface area (Å²) < 4.78 is 5.00. The third kappa shape index (κ3) is 5.41. The van der Waals surface area contributed by atoms with Crippen LogP contribution in [0.2, 0.25) is 0 Å². The minimum atomic E-state index is -0.453. The molecule has 0 radical (unpaired) electrons. The lowest BCUT2D eigenvalue weighted by Gasteiger charge is -2.03. The largest absolute Gasteiger partial charge is 0.399 e. The van der Waals surface area contributed by atoms with Crippen molar-refractivity contribution in [1.82, 2.24) is 9.13 Å². The fourth-order valence-corrected chi connectivity index (χ4v) is 5.95. The van der Waals surface area contributed by atoms with Gasteiger partial charge in [0, 0.05) is 17.8 Å². The predicted octanol–water partition coefficient (Wildman–Crippen LogP) is 5.71. The van der Waals surface area contributed by atoms with Gasteiger partial charge >= 0.3 is 9.75 Å². The maximum Gasteiger partial charge on any atom is 0.308 e. The highest BCUT2D eigenvalue weighted by molar-refractivity contribution is 7.16. The van der Waals surface area contributed by atoms with Gasteiger partial charge in [-0.25, -0.2) is 0 Å². The average Bonchev–Trinajstić information content (AvgIpc) is 3.39. The summed E-state index contributed by atoms with van der Waals surface area (Å²) in [4.78, 5) is 34.3. The van der Waals surface area contributed by atoms with E-state index in [-0.39, 0.29) is 15.4 Å². The molecule has 2 N–H and O–H groups in total. The predicted molar refractivity (Wildman–Crippen MR) is 154 cm³/mol. The van der Waals surface area contributed by atoms with E-state index >= 15 is 0 Å². The number of rotatable bonds is 5. The molecule has 4 aromatic carbocycles. The Labute approximate surface area is 224 Å². The number of aromatic nitrogens is 2. The van der Waals surface area contributed by atoms with Gasteiger partial charge in [0.25, 0.3) is 5.69 Å². The quantitative estimate of drug-likeness (QED) is 0.170. The van der Waals surface area contributed by atoms with Crippen LogP contribution in [0.15, 0.2) is 107 Å². The molecule has 38 heavy (non-hydrogen) atoms. The van der Waals surface area contributed by atoms with Crippen molar-refractivity contribution in [1.29, 1.82) is 0 Å². The molecule has 0 aliphatic heterocycles. The molecule has 0 aliphatic carbocycles. The van der Waals surface area contributed by atoms with E-state index < -0.39 is 4.92 Å². The molecule has 0 unspecified atom stereocenters. The minimum absolute atomic E-state index is 0.00520. The van der Waals surface area contributed by atoms with Crippen LogP contribution in [0.5, 0.6) is 0 Å². The maximum absolute atomic E-state index is 12.0. The van der Waals surface area contributed by atoms with E-state index in [4.69, 9.17) is 5.73 Å². The van der Waals surface area contributed by atoms with Gasteiger partial charge in [-0.15, -0.1) is 0 Å². The molecule has 2 aromatic heterocycles. The normalized spacial score (nSPS) is 10.8. The summed E-state index contributed by atoms with van der Waals surface area (Å²) in [6, 6.07) is 29.7. The second-order valence-corrected chi connectivity index (χ2v) is 10.5. The lowest BCUT2D eigenvalue weighted by Crippen LogP contribution is -2.13. The van der Waals surface area contributed by atoms with E-state index in [1.54, 1.807) is 15.2 Å². The number of nitro benzene ring substituents is 1. The summed E-state index contributed by atoms with van der Waals surface area (Å²) in [6.07, 6.45) is 0.